The van der Waals surface area contributed by atoms with Gasteiger partial charge in [0.05, 0.1) is 0 Å². The van der Waals surface area contributed by atoms with Gasteiger partial charge in [0.25, 0.3) is 0 Å². The molecule has 0 aromatic heterocycles. The molecule has 2 heteroatoms. The number of amides is 1. The van der Waals surface area contributed by atoms with Crippen LogP contribution in [0.25, 0.3) is 0 Å². The zero-order chi connectivity index (χ0) is 10.9. The van der Waals surface area contributed by atoms with Gasteiger partial charge in [0.2, 0.25) is 5.91 Å². The molecule has 1 saturated carbocycles. The van der Waals surface area contributed by atoms with Gasteiger partial charge in [0.15, 0.2) is 0 Å². The molecule has 1 aliphatic rings. The standard InChI is InChI=1S/C13H17NO/c1-13(8-4-5-9-13)11-7-3-2-6-10(11)12(14)15/h2-3,6-7H,4-5,8-9H2,1H3,(H2,14,15). The second kappa shape index (κ2) is 3.69. The average molecular weight is 203 g/mol. The third-order valence-corrected chi connectivity index (χ3v) is 3.55. The zero-order valence-electron chi connectivity index (χ0n) is 9.12. The number of nitrogens with two attached hydrogens (primary N) is 1. The molecule has 1 fully saturated rings. The van der Waals surface area contributed by atoms with Gasteiger partial charge < -0.3 is 5.73 Å². The van der Waals surface area contributed by atoms with Gasteiger partial charge in [-0.3, -0.25) is 4.79 Å². The van der Waals surface area contributed by atoms with Crippen LogP contribution in [0.3, 0.4) is 0 Å². The molecule has 0 atom stereocenters. The van der Waals surface area contributed by atoms with Crippen LogP contribution in [0.2, 0.25) is 0 Å². The van der Waals surface area contributed by atoms with Crippen molar-refractivity contribution < 1.29 is 4.79 Å². The Labute approximate surface area is 90.5 Å². The van der Waals surface area contributed by atoms with Crippen LogP contribution < -0.4 is 5.73 Å². The minimum absolute atomic E-state index is 0.158. The Kier molecular flexibility index (Phi) is 2.51. The summed E-state index contributed by atoms with van der Waals surface area (Å²) in [5.74, 6) is -0.307. The molecule has 0 bridgehead atoms. The molecule has 0 aliphatic heterocycles. The van der Waals surface area contributed by atoms with Crippen molar-refractivity contribution in [2.45, 2.75) is 38.0 Å². The van der Waals surface area contributed by atoms with Crippen molar-refractivity contribution in [1.29, 1.82) is 0 Å². The fourth-order valence-corrected chi connectivity index (χ4v) is 2.65. The van der Waals surface area contributed by atoms with Gasteiger partial charge in [-0.15, -0.1) is 0 Å². The highest BCUT2D eigenvalue weighted by atomic mass is 16.1. The van der Waals surface area contributed by atoms with Crippen LogP contribution in [0, 0.1) is 0 Å². The minimum atomic E-state index is -0.307. The molecule has 0 heterocycles. The Hall–Kier alpha value is -1.31. The Balaban J connectivity index is 2.47. The molecule has 0 radical (unpaired) electrons. The van der Waals surface area contributed by atoms with Gasteiger partial charge in [0, 0.05) is 5.56 Å². The maximum absolute atomic E-state index is 11.3. The number of rotatable bonds is 2. The van der Waals surface area contributed by atoms with E-state index in [2.05, 4.69) is 6.92 Å². The number of benzene rings is 1. The maximum atomic E-state index is 11.3. The summed E-state index contributed by atoms with van der Waals surface area (Å²) in [5, 5.41) is 0. The van der Waals surface area contributed by atoms with Crippen molar-refractivity contribution in [3.8, 4) is 0 Å². The molecule has 1 aromatic carbocycles. The molecule has 0 spiro atoms. The Bertz CT molecular complexity index is 378. The van der Waals surface area contributed by atoms with Crippen LogP contribution in [0.5, 0.6) is 0 Å². The highest BCUT2D eigenvalue weighted by Crippen LogP contribution is 2.41. The molecule has 1 amide bonds. The monoisotopic (exact) mass is 203 g/mol. The van der Waals surface area contributed by atoms with Crippen molar-refractivity contribution in [2.75, 3.05) is 0 Å². The fourth-order valence-electron chi connectivity index (χ4n) is 2.65. The van der Waals surface area contributed by atoms with E-state index in [1.54, 1.807) is 0 Å². The molecule has 15 heavy (non-hydrogen) atoms. The van der Waals surface area contributed by atoms with E-state index < -0.39 is 0 Å². The van der Waals surface area contributed by atoms with E-state index in [4.69, 9.17) is 5.73 Å². The third-order valence-electron chi connectivity index (χ3n) is 3.55. The lowest BCUT2D eigenvalue weighted by atomic mass is 9.78. The number of hydrogen-bond acceptors (Lipinski definition) is 1. The quantitative estimate of drug-likeness (QED) is 0.788. The molecule has 80 valence electrons. The molecule has 2 N–H and O–H groups in total. The van der Waals surface area contributed by atoms with E-state index in [-0.39, 0.29) is 11.3 Å². The van der Waals surface area contributed by atoms with Gasteiger partial charge in [0.1, 0.15) is 0 Å². The van der Waals surface area contributed by atoms with Crippen LogP contribution in [-0.2, 0) is 5.41 Å². The Morgan fingerprint density at radius 2 is 1.87 bits per heavy atom. The maximum Gasteiger partial charge on any atom is 0.248 e. The number of hydrogen-bond donors (Lipinski definition) is 1. The summed E-state index contributed by atoms with van der Waals surface area (Å²) in [6.07, 6.45) is 4.84. The zero-order valence-corrected chi connectivity index (χ0v) is 9.12. The van der Waals surface area contributed by atoms with Crippen LogP contribution >= 0.6 is 0 Å². The fraction of sp³-hybridized carbons (Fsp3) is 0.462. The van der Waals surface area contributed by atoms with E-state index in [1.165, 1.54) is 12.8 Å². The van der Waals surface area contributed by atoms with Gasteiger partial charge >= 0.3 is 0 Å². The molecule has 0 saturated heterocycles. The second-order valence-electron chi connectivity index (χ2n) is 4.68. The molecule has 2 nitrogen and oxygen atoms in total. The first-order valence-electron chi connectivity index (χ1n) is 5.53. The lowest BCUT2D eigenvalue weighted by Crippen LogP contribution is -2.23. The van der Waals surface area contributed by atoms with Gasteiger partial charge in [-0.25, -0.2) is 0 Å². The van der Waals surface area contributed by atoms with E-state index >= 15 is 0 Å². The summed E-state index contributed by atoms with van der Waals surface area (Å²) < 4.78 is 0. The molecule has 1 aliphatic carbocycles. The van der Waals surface area contributed by atoms with Gasteiger partial charge in [-0.05, 0) is 29.9 Å². The molecule has 2 rings (SSSR count). The topological polar surface area (TPSA) is 43.1 Å². The van der Waals surface area contributed by atoms with Gasteiger partial charge in [-0.2, -0.15) is 0 Å². The second-order valence-corrected chi connectivity index (χ2v) is 4.68. The first kappa shape index (κ1) is 10.2. The summed E-state index contributed by atoms with van der Waals surface area (Å²) in [7, 11) is 0. The number of primary amides is 1. The lowest BCUT2D eigenvalue weighted by Gasteiger charge is -2.26. The SMILES string of the molecule is CC1(c2ccccc2C(N)=O)CCCC1. The van der Waals surface area contributed by atoms with E-state index in [0.717, 1.165) is 18.4 Å². The lowest BCUT2D eigenvalue weighted by molar-refractivity contribution is 0.0998. The van der Waals surface area contributed by atoms with Crippen LogP contribution in [0.1, 0.15) is 48.5 Å². The molecule has 0 unspecified atom stereocenters. The predicted molar refractivity (Wildman–Crippen MR) is 60.8 cm³/mol. The van der Waals surface area contributed by atoms with Crippen LogP contribution in [0.4, 0.5) is 0 Å². The average Bonchev–Trinajstić information content (AvgIpc) is 2.66. The number of carbonyl (C=O) groups is 1. The summed E-state index contributed by atoms with van der Waals surface area (Å²) in [6.45, 7) is 2.24. The first-order valence-corrected chi connectivity index (χ1v) is 5.53. The van der Waals surface area contributed by atoms with E-state index in [9.17, 15) is 4.79 Å². The summed E-state index contributed by atoms with van der Waals surface area (Å²) >= 11 is 0. The normalized spacial score (nSPS) is 19.0. The van der Waals surface area contributed by atoms with Crippen molar-refractivity contribution in [3.05, 3.63) is 35.4 Å². The van der Waals surface area contributed by atoms with Gasteiger partial charge in [-0.1, -0.05) is 38.0 Å². The Morgan fingerprint density at radius 3 is 2.47 bits per heavy atom. The smallest absolute Gasteiger partial charge is 0.248 e. The number of carbonyl (C=O) groups excluding carboxylic acids is 1. The van der Waals surface area contributed by atoms with Crippen LogP contribution in [0.15, 0.2) is 24.3 Å². The largest absolute Gasteiger partial charge is 0.366 e. The molecular formula is C13H17NO. The third kappa shape index (κ3) is 1.76. The molecular weight excluding hydrogens is 186 g/mol. The van der Waals surface area contributed by atoms with E-state index in [0.29, 0.717) is 5.56 Å². The minimum Gasteiger partial charge on any atom is -0.366 e. The van der Waals surface area contributed by atoms with Crippen LogP contribution in [-0.4, -0.2) is 5.91 Å². The highest BCUT2D eigenvalue weighted by Gasteiger charge is 2.32. The Morgan fingerprint density at radius 1 is 1.27 bits per heavy atom. The summed E-state index contributed by atoms with van der Waals surface area (Å²) in [4.78, 5) is 11.3. The van der Waals surface area contributed by atoms with Crippen molar-refractivity contribution in [3.63, 3.8) is 0 Å². The predicted octanol–water partition coefficient (Wildman–Crippen LogP) is 2.62. The van der Waals surface area contributed by atoms with Crippen molar-refractivity contribution >= 4 is 5.91 Å². The first-order chi connectivity index (χ1) is 7.13. The van der Waals surface area contributed by atoms with Crippen molar-refractivity contribution in [1.82, 2.24) is 0 Å². The van der Waals surface area contributed by atoms with Crippen molar-refractivity contribution in [2.24, 2.45) is 5.73 Å². The van der Waals surface area contributed by atoms with E-state index in [1.807, 2.05) is 24.3 Å². The summed E-state index contributed by atoms with van der Waals surface area (Å²) in [5.41, 5.74) is 7.39. The summed E-state index contributed by atoms with van der Waals surface area (Å²) in [6, 6.07) is 7.75. The highest BCUT2D eigenvalue weighted by molar-refractivity contribution is 5.94. The molecule has 1 aromatic rings.